The molecule has 1 aliphatic rings. The van der Waals surface area contributed by atoms with Crippen LogP contribution < -0.4 is 26.8 Å². The van der Waals surface area contributed by atoms with Crippen molar-refractivity contribution in [3.05, 3.63) is 76.2 Å². The van der Waals surface area contributed by atoms with Crippen molar-refractivity contribution in [2.75, 3.05) is 32.8 Å². The molecule has 0 saturated heterocycles. The second-order valence-electron chi connectivity index (χ2n) is 7.47. The Morgan fingerprint density at radius 1 is 1.00 bits per heavy atom. The van der Waals surface area contributed by atoms with Crippen LogP contribution >= 0.6 is 12.4 Å². The minimum Gasteiger partial charge on any atom is -0.494 e. The molecule has 0 aromatic heterocycles. The molecule has 13 nitrogen and oxygen atoms in total. The fourth-order valence-corrected chi connectivity index (χ4v) is 2.85. The third-order valence-electron chi connectivity index (χ3n) is 4.66. The molecule has 202 valence electrons. The van der Waals surface area contributed by atoms with Crippen molar-refractivity contribution in [1.82, 2.24) is 10.6 Å². The molecule has 14 heteroatoms. The summed E-state index contributed by atoms with van der Waals surface area (Å²) in [5, 5.41) is 16.6. The molecule has 0 fully saturated rings. The van der Waals surface area contributed by atoms with Gasteiger partial charge in [0.1, 0.15) is 5.75 Å². The zero-order valence-corrected chi connectivity index (χ0v) is 21.4. The number of benzene rings is 2. The zero-order chi connectivity index (χ0) is 26.9. The summed E-state index contributed by atoms with van der Waals surface area (Å²) in [6.07, 6.45) is 2.42. The van der Waals surface area contributed by atoms with Crippen LogP contribution in [0.2, 0.25) is 0 Å². The molecule has 1 aliphatic heterocycles. The summed E-state index contributed by atoms with van der Waals surface area (Å²) in [7, 11) is 0. The molecule has 2 aromatic rings. The number of nitrogens with zero attached hydrogens (tertiary/aromatic N) is 5. The van der Waals surface area contributed by atoms with Crippen molar-refractivity contribution >= 4 is 41.5 Å². The van der Waals surface area contributed by atoms with E-state index in [1.54, 1.807) is 48.5 Å². The van der Waals surface area contributed by atoms with Gasteiger partial charge in [0.2, 0.25) is 0 Å². The van der Waals surface area contributed by atoms with Gasteiger partial charge in [-0.1, -0.05) is 5.11 Å². The predicted octanol–water partition coefficient (Wildman–Crippen LogP) is 3.21. The number of nitrogens with one attached hydrogen (secondary N) is 2. The lowest BCUT2D eigenvalue weighted by molar-refractivity contribution is -0.123. The minimum atomic E-state index is -0.339. The van der Waals surface area contributed by atoms with Gasteiger partial charge in [-0.05, 0) is 73.4 Å². The molecule has 0 bridgehead atoms. The topological polar surface area (TPSA) is 210 Å². The van der Waals surface area contributed by atoms with Crippen LogP contribution in [0.5, 0.6) is 5.75 Å². The summed E-state index contributed by atoms with van der Waals surface area (Å²) in [4.78, 5) is 35.7. The van der Waals surface area contributed by atoms with Crippen LogP contribution in [0.1, 0.15) is 23.2 Å². The highest BCUT2D eigenvalue weighted by molar-refractivity contribution is 6.16. The summed E-state index contributed by atoms with van der Waals surface area (Å²) < 4.78 is 5.53. The van der Waals surface area contributed by atoms with E-state index in [-0.39, 0.29) is 30.1 Å². The first-order valence-electron chi connectivity index (χ1n) is 11.5. The van der Waals surface area contributed by atoms with Crippen molar-refractivity contribution in [3.8, 4) is 5.75 Å². The van der Waals surface area contributed by atoms with E-state index in [1.807, 2.05) is 0 Å². The third kappa shape index (κ3) is 11.6. The normalized spacial score (nSPS) is 11.9. The van der Waals surface area contributed by atoms with E-state index in [1.165, 1.54) is 6.08 Å². The van der Waals surface area contributed by atoms with Crippen LogP contribution in [-0.2, 0) is 9.59 Å². The molecule has 0 radical (unpaired) electrons. The fourth-order valence-electron chi connectivity index (χ4n) is 2.85. The Labute approximate surface area is 225 Å². The molecular formula is C24H30ClN9O4. The molecular weight excluding hydrogens is 514 g/mol. The Balaban J connectivity index is 0.000000551. The second kappa shape index (κ2) is 18.0. The lowest BCUT2D eigenvalue weighted by Crippen LogP contribution is -2.28. The molecule has 38 heavy (non-hydrogen) atoms. The number of ether oxygens (including phenoxy) is 1. The highest BCUT2D eigenvalue weighted by atomic mass is 35.5. The van der Waals surface area contributed by atoms with Crippen LogP contribution in [0.25, 0.3) is 10.4 Å². The van der Waals surface area contributed by atoms with Gasteiger partial charge in [-0.3, -0.25) is 19.7 Å². The zero-order valence-electron chi connectivity index (χ0n) is 20.6. The van der Waals surface area contributed by atoms with E-state index < -0.39 is 0 Å². The molecule has 3 amide bonds. The van der Waals surface area contributed by atoms with Gasteiger partial charge in [-0.15, -0.1) is 12.4 Å². The molecule has 0 spiro atoms. The molecule has 6 N–H and O–H groups in total. The number of azo groups is 1. The highest BCUT2D eigenvalue weighted by Gasteiger charge is 2.18. The number of carbonyl (C=O) groups is 3. The first-order chi connectivity index (χ1) is 18.0. The van der Waals surface area contributed by atoms with Gasteiger partial charge in [0.15, 0.2) is 0 Å². The summed E-state index contributed by atoms with van der Waals surface area (Å²) >= 11 is 0. The van der Waals surface area contributed by atoms with Crippen LogP contribution in [0.4, 0.5) is 11.4 Å². The predicted molar refractivity (Wildman–Crippen MR) is 145 cm³/mol. The van der Waals surface area contributed by atoms with Crippen molar-refractivity contribution in [2.24, 2.45) is 26.8 Å². The molecule has 3 rings (SSSR count). The molecule has 0 atom stereocenters. The molecule has 2 aromatic carbocycles. The van der Waals surface area contributed by atoms with Crippen molar-refractivity contribution in [2.45, 2.75) is 12.8 Å². The number of amides is 3. The van der Waals surface area contributed by atoms with Crippen molar-refractivity contribution in [1.29, 1.82) is 0 Å². The van der Waals surface area contributed by atoms with E-state index in [9.17, 15) is 14.4 Å². The van der Waals surface area contributed by atoms with E-state index >= 15 is 0 Å². The van der Waals surface area contributed by atoms with Gasteiger partial charge in [0, 0.05) is 41.8 Å². The highest BCUT2D eigenvalue weighted by Crippen LogP contribution is 2.21. The Morgan fingerprint density at radius 3 is 2.16 bits per heavy atom. The SMILES string of the molecule is Cl.NCCC1=CC(=O)NC1=O.[N-]=[N+]=NCCCOc1ccc(N=Nc2ccc(C(=O)NCCN)cc2)cc1. The average Bonchev–Trinajstić information content (AvgIpc) is 3.23. The maximum absolute atomic E-state index is 11.8. The van der Waals surface area contributed by atoms with E-state index in [0.29, 0.717) is 73.9 Å². The maximum atomic E-state index is 11.8. The van der Waals surface area contributed by atoms with Gasteiger partial charge < -0.3 is 21.5 Å². The van der Waals surface area contributed by atoms with Gasteiger partial charge in [-0.25, -0.2) is 0 Å². The summed E-state index contributed by atoms with van der Waals surface area (Å²) in [6.45, 7) is 2.12. The lowest BCUT2D eigenvalue weighted by Gasteiger charge is -2.04. The Hall–Kier alpha value is -4.29. The standard InChI is InChI=1S/C18H21N7O2.C6H8N2O2.ClH/c19-10-12-21-18(26)14-2-4-15(5-3-14)23-24-16-6-8-17(9-7-16)27-13-1-11-22-25-20;7-2-1-4-3-5(9)8-6(4)10;/h2-9H,1,10-13,19H2,(H,21,26);3H,1-2,7H2,(H,8,9,10);1H. The molecule has 0 saturated carbocycles. The Bertz CT molecular complexity index is 1160. The van der Waals surface area contributed by atoms with Gasteiger partial charge >= 0.3 is 0 Å². The largest absolute Gasteiger partial charge is 0.494 e. The van der Waals surface area contributed by atoms with Gasteiger partial charge in [0.25, 0.3) is 17.7 Å². The van der Waals surface area contributed by atoms with E-state index in [2.05, 4.69) is 30.9 Å². The first kappa shape index (κ1) is 31.7. The lowest BCUT2D eigenvalue weighted by atomic mass is 10.2. The summed E-state index contributed by atoms with van der Waals surface area (Å²) in [6, 6.07) is 14.0. The number of halogens is 1. The van der Waals surface area contributed by atoms with Crippen LogP contribution in [-0.4, -0.2) is 50.5 Å². The molecule has 0 aliphatic carbocycles. The first-order valence-corrected chi connectivity index (χ1v) is 11.5. The number of hydrogen-bond acceptors (Lipinski definition) is 9. The number of azide groups is 1. The minimum absolute atomic E-state index is 0. The third-order valence-corrected chi connectivity index (χ3v) is 4.66. The van der Waals surface area contributed by atoms with Gasteiger partial charge in [0.05, 0.1) is 18.0 Å². The molecule has 1 heterocycles. The van der Waals surface area contributed by atoms with Crippen molar-refractivity contribution < 1.29 is 19.1 Å². The quantitative estimate of drug-likeness (QED) is 0.104. The van der Waals surface area contributed by atoms with Crippen LogP contribution in [0, 0.1) is 0 Å². The maximum Gasteiger partial charge on any atom is 0.254 e. The number of hydrogen-bond donors (Lipinski definition) is 4. The van der Waals surface area contributed by atoms with E-state index in [4.69, 9.17) is 21.7 Å². The smallest absolute Gasteiger partial charge is 0.254 e. The Morgan fingerprint density at radius 2 is 1.63 bits per heavy atom. The number of nitrogens with two attached hydrogens (primary N) is 2. The van der Waals surface area contributed by atoms with Gasteiger partial charge in [-0.2, -0.15) is 10.2 Å². The number of imide groups is 1. The van der Waals surface area contributed by atoms with Crippen LogP contribution in [0.15, 0.2) is 75.5 Å². The average molecular weight is 544 g/mol. The molecule has 0 unspecified atom stereocenters. The van der Waals surface area contributed by atoms with Crippen LogP contribution in [0.3, 0.4) is 0 Å². The summed E-state index contributed by atoms with van der Waals surface area (Å²) in [5.41, 5.74) is 21.1. The number of carbonyl (C=O) groups excluding carboxylic acids is 3. The monoisotopic (exact) mass is 543 g/mol. The fraction of sp³-hybridized carbons (Fsp3) is 0.292. The Kier molecular flexibility index (Phi) is 15.1. The van der Waals surface area contributed by atoms with E-state index in [0.717, 1.165) is 0 Å². The second-order valence-corrected chi connectivity index (χ2v) is 7.47. The van der Waals surface area contributed by atoms with Crippen molar-refractivity contribution in [3.63, 3.8) is 0 Å². The number of rotatable bonds is 12. The summed E-state index contributed by atoms with van der Waals surface area (Å²) in [5.74, 6) is -0.106.